The molecule has 0 aliphatic carbocycles. The van der Waals surface area contributed by atoms with Crippen molar-refractivity contribution in [3.63, 3.8) is 0 Å². The molecule has 1 atom stereocenters. The molecule has 0 aliphatic rings. The molecule has 0 unspecified atom stereocenters. The number of alkyl halides is 3. The third-order valence-electron chi connectivity index (χ3n) is 6.17. The van der Waals surface area contributed by atoms with Gasteiger partial charge in [0.05, 0.1) is 21.2 Å². The topological polar surface area (TPSA) is 86.8 Å². The number of hydrogen-bond donors (Lipinski definition) is 1. The summed E-state index contributed by atoms with van der Waals surface area (Å²) in [6.45, 7) is 0.350. The minimum Gasteiger partial charge on any atom is -0.357 e. The van der Waals surface area contributed by atoms with E-state index in [4.69, 9.17) is 34.8 Å². The lowest BCUT2D eigenvalue weighted by Gasteiger charge is -2.33. The summed E-state index contributed by atoms with van der Waals surface area (Å²) >= 11 is 18.9. The van der Waals surface area contributed by atoms with E-state index >= 15 is 0 Å². The molecule has 0 aliphatic heterocycles. The Balaban J connectivity index is 2.19. The number of hydrogen-bond acceptors (Lipinski definition) is 4. The van der Waals surface area contributed by atoms with E-state index in [0.717, 1.165) is 11.0 Å². The summed E-state index contributed by atoms with van der Waals surface area (Å²) in [4.78, 5) is 27.5. The fourth-order valence-corrected chi connectivity index (χ4v) is 6.29. The predicted molar refractivity (Wildman–Crippen MR) is 153 cm³/mol. The molecule has 41 heavy (non-hydrogen) atoms. The Kier molecular flexibility index (Phi) is 10.6. The summed E-state index contributed by atoms with van der Waals surface area (Å²) in [6, 6.07) is 12.6. The molecule has 0 spiro atoms. The maximum absolute atomic E-state index is 13.9. The molecule has 1 N–H and O–H groups in total. The van der Waals surface area contributed by atoms with Crippen LogP contribution in [0.3, 0.4) is 0 Å². The van der Waals surface area contributed by atoms with Crippen molar-refractivity contribution in [1.29, 1.82) is 0 Å². The largest absolute Gasteiger partial charge is 0.416 e. The van der Waals surface area contributed by atoms with E-state index in [1.807, 2.05) is 0 Å². The lowest BCUT2D eigenvalue weighted by Crippen LogP contribution is -2.51. The number of benzene rings is 3. The maximum atomic E-state index is 13.9. The second-order valence-corrected chi connectivity index (χ2v) is 11.8. The number of carbonyl (C=O) groups is 2. The third-order valence-corrected chi connectivity index (χ3v) is 8.98. The molecule has 0 fully saturated rings. The Morgan fingerprint density at radius 2 is 1.54 bits per heavy atom. The smallest absolute Gasteiger partial charge is 0.357 e. The molecular weight excluding hydrogens is 626 g/mol. The van der Waals surface area contributed by atoms with Gasteiger partial charge in [-0.15, -0.1) is 0 Å². The average molecular weight is 651 g/mol. The summed E-state index contributed by atoms with van der Waals surface area (Å²) in [5, 5.41) is 2.50. The fourth-order valence-electron chi connectivity index (χ4n) is 4.05. The maximum Gasteiger partial charge on any atom is 0.416 e. The van der Waals surface area contributed by atoms with Crippen LogP contribution in [0.1, 0.15) is 24.5 Å². The summed E-state index contributed by atoms with van der Waals surface area (Å²) in [5.41, 5.74) is -1.45. The number of sulfonamides is 1. The van der Waals surface area contributed by atoms with Crippen molar-refractivity contribution in [3.05, 3.63) is 92.9 Å². The Bertz CT molecular complexity index is 1500. The van der Waals surface area contributed by atoms with E-state index in [0.29, 0.717) is 22.0 Å². The van der Waals surface area contributed by atoms with Crippen LogP contribution in [0.2, 0.25) is 15.1 Å². The minimum absolute atomic E-state index is 0.114. The van der Waals surface area contributed by atoms with Crippen molar-refractivity contribution in [3.8, 4) is 0 Å². The van der Waals surface area contributed by atoms with Gasteiger partial charge in [-0.05, 0) is 48.9 Å². The Labute approximate surface area is 250 Å². The number of nitrogens with zero attached hydrogens (tertiary/aromatic N) is 2. The Morgan fingerprint density at radius 1 is 0.927 bits per heavy atom. The third kappa shape index (κ3) is 7.45. The molecule has 0 saturated carbocycles. The van der Waals surface area contributed by atoms with Crippen LogP contribution < -0.4 is 9.62 Å². The number of amides is 2. The molecule has 3 rings (SSSR count). The lowest BCUT2D eigenvalue weighted by atomic mass is 10.1. The van der Waals surface area contributed by atoms with Gasteiger partial charge in [0.2, 0.25) is 11.8 Å². The fraction of sp³-hybridized carbons (Fsp3) is 0.259. The van der Waals surface area contributed by atoms with Crippen LogP contribution in [-0.4, -0.2) is 44.8 Å². The predicted octanol–water partition coefficient (Wildman–Crippen LogP) is 6.41. The van der Waals surface area contributed by atoms with Gasteiger partial charge >= 0.3 is 6.18 Å². The van der Waals surface area contributed by atoms with Gasteiger partial charge < -0.3 is 10.2 Å². The number of carbonyl (C=O) groups excluding carboxylic acids is 2. The zero-order valence-electron chi connectivity index (χ0n) is 21.8. The summed E-state index contributed by atoms with van der Waals surface area (Å²) in [7, 11) is -3.27. The monoisotopic (exact) mass is 649 g/mol. The van der Waals surface area contributed by atoms with E-state index < -0.39 is 51.9 Å². The normalized spacial score (nSPS) is 12.5. The van der Waals surface area contributed by atoms with Crippen LogP contribution in [0.5, 0.6) is 0 Å². The van der Waals surface area contributed by atoms with Gasteiger partial charge in [0.15, 0.2) is 0 Å². The minimum atomic E-state index is -4.83. The SMILES string of the molecule is CC[C@@H](C(=O)NC)N(Cc1c(Cl)cccc1Cl)C(=O)CN(c1cc(C(F)(F)F)ccc1Cl)S(=O)(=O)c1ccccc1. The van der Waals surface area contributed by atoms with Crippen molar-refractivity contribution in [2.45, 2.75) is 37.0 Å². The molecule has 220 valence electrons. The van der Waals surface area contributed by atoms with Crippen LogP contribution in [0, 0.1) is 0 Å². The molecule has 0 radical (unpaired) electrons. The number of rotatable bonds is 10. The molecule has 0 heterocycles. The van der Waals surface area contributed by atoms with E-state index in [2.05, 4.69) is 5.32 Å². The highest BCUT2D eigenvalue weighted by Crippen LogP contribution is 2.37. The molecule has 2 amide bonds. The quantitative estimate of drug-likeness (QED) is 0.275. The number of likely N-dealkylation sites (N-methyl/N-ethyl adjacent to an activating group) is 1. The summed E-state index contributed by atoms with van der Waals surface area (Å²) in [5.74, 6) is -1.47. The molecule has 0 bridgehead atoms. The first-order chi connectivity index (χ1) is 19.2. The summed E-state index contributed by atoms with van der Waals surface area (Å²) < 4.78 is 68.9. The standard InChI is InChI=1S/C27H25Cl3F3N3O4S/c1-3-23(26(38)34-2)35(15-19-20(28)10-7-11-21(19)29)25(37)16-36(41(39,40)18-8-5-4-6-9-18)24-14-17(27(31,32)33)12-13-22(24)30/h4-14,23H,3,15-16H2,1-2H3,(H,34,38)/t23-/m0/s1. The Hall–Kier alpha value is -2.99. The van der Waals surface area contributed by atoms with Gasteiger partial charge in [0.1, 0.15) is 12.6 Å². The highest BCUT2D eigenvalue weighted by atomic mass is 35.5. The molecule has 3 aromatic carbocycles. The van der Waals surface area contributed by atoms with E-state index in [9.17, 15) is 31.2 Å². The van der Waals surface area contributed by atoms with E-state index in [1.165, 1.54) is 43.4 Å². The summed E-state index contributed by atoms with van der Waals surface area (Å²) in [6.07, 6.45) is -4.71. The van der Waals surface area contributed by atoms with Gasteiger partial charge in [0.25, 0.3) is 10.0 Å². The highest BCUT2D eigenvalue weighted by molar-refractivity contribution is 7.92. The molecule has 7 nitrogen and oxygen atoms in total. The zero-order valence-corrected chi connectivity index (χ0v) is 24.8. The molecule has 0 saturated heterocycles. The molecule has 0 aromatic heterocycles. The number of anilines is 1. The first-order valence-corrected chi connectivity index (χ1v) is 14.7. The molecule has 3 aromatic rings. The second-order valence-electron chi connectivity index (χ2n) is 8.75. The van der Waals surface area contributed by atoms with Crippen molar-refractivity contribution < 1.29 is 31.2 Å². The van der Waals surface area contributed by atoms with Gasteiger partial charge in [-0.3, -0.25) is 13.9 Å². The van der Waals surface area contributed by atoms with Crippen molar-refractivity contribution in [2.24, 2.45) is 0 Å². The number of nitrogens with one attached hydrogen (secondary N) is 1. The van der Waals surface area contributed by atoms with Crippen LogP contribution in [0.25, 0.3) is 0 Å². The number of halogens is 6. The molecular formula is C27H25Cl3F3N3O4S. The van der Waals surface area contributed by atoms with Crippen molar-refractivity contribution in [2.75, 3.05) is 17.9 Å². The highest BCUT2D eigenvalue weighted by Gasteiger charge is 2.37. The van der Waals surface area contributed by atoms with Crippen LogP contribution in [0.4, 0.5) is 18.9 Å². The second kappa shape index (κ2) is 13.3. The van der Waals surface area contributed by atoms with Crippen LogP contribution >= 0.6 is 34.8 Å². The Morgan fingerprint density at radius 3 is 2.07 bits per heavy atom. The van der Waals surface area contributed by atoms with E-state index in [-0.39, 0.29) is 32.9 Å². The van der Waals surface area contributed by atoms with Crippen molar-refractivity contribution >= 4 is 62.3 Å². The first-order valence-electron chi connectivity index (χ1n) is 12.1. The van der Waals surface area contributed by atoms with Gasteiger partial charge in [-0.2, -0.15) is 13.2 Å². The molecule has 14 heteroatoms. The average Bonchev–Trinajstić information content (AvgIpc) is 2.93. The first kappa shape index (κ1) is 32.5. The van der Waals surface area contributed by atoms with Gasteiger partial charge in [0, 0.05) is 29.2 Å². The van der Waals surface area contributed by atoms with Gasteiger partial charge in [-0.25, -0.2) is 8.42 Å². The zero-order chi connectivity index (χ0) is 30.5. The van der Waals surface area contributed by atoms with Crippen LogP contribution in [0.15, 0.2) is 71.6 Å². The lowest BCUT2D eigenvalue weighted by molar-refractivity contribution is -0.140. The van der Waals surface area contributed by atoms with Crippen molar-refractivity contribution in [1.82, 2.24) is 10.2 Å². The van der Waals surface area contributed by atoms with Gasteiger partial charge in [-0.1, -0.05) is 66.0 Å². The van der Waals surface area contributed by atoms with Crippen LogP contribution in [-0.2, 0) is 32.3 Å². The van der Waals surface area contributed by atoms with E-state index in [1.54, 1.807) is 19.1 Å².